The summed E-state index contributed by atoms with van der Waals surface area (Å²) in [6.45, 7) is 1.49. The summed E-state index contributed by atoms with van der Waals surface area (Å²) in [4.78, 5) is 47.6. The van der Waals surface area contributed by atoms with Crippen LogP contribution < -0.4 is 15.0 Å². The molecular weight excluding hydrogens is 442 g/mol. The van der Waals surface area contributed by atoms with E-state index < -0.39 is 23.4 Å². The molecule has 3 aliphatic rings. The zero-order chi connectivity index (χ0) is 24.3. The van der Waals surface area contributed by atoms with Crippen molar-refractivity contribution in [2.45, 2.75) is 24.4 Å². The molecule has 1 saturated heterocycles. The van der Waals surface area contributed by atoms with Crippen molar-refractivity contribution in [2.24, 2.45) is 5.92 Å². The third-order valence-corrected chi connectivity index (χ3v) is 7.48. The molecule has 0 aliphatic carbocycles. The monoisotopic (exact) mass is 465 g/mol. The lowest BCUT2D eigenvalue weighted by atomic mass is 9.64. The van der Waals surface area contributed by atoms with Gasteiger partial charge >= 0.3 is 0 Å². The Morgan fingerprint density at radius 1 is 1.11 bits per heavy atom. The van der Waals surface area contributed by atoms with E-state index >= 15 is 0 Å². The Labute approximate surface area is 202 Å². The number of amides is 1. The number of hydrogen-bond acceptors (Lipinski definition) is 6. The van der Waals surface area contributed by atoms with Crippen molar-refractivity contribution in [3.05, 3.63) is 89.8 Å². The Bertz CT molecular complexity index is 1420. The summed E-state index contributed by atoms with van der Waals surface area (Å²) in [5, 5.41) is 3.00. The van der Waals surface area contributed by atoms with E-state index in [1.165, 1.54) is 13.1 Å². The quantitative estimate of drug-likeness (QED) is 0.592. The predicted molar refractivity (Wildman–Crippen MR) is 132 cm³/mol. The highest BCUT2D eigenvalue weighted by Crippen LogP contribution is 2.57. The molecule has 3 aromatic rings. The summed E-state index contributed by atoms with van der Waals surface area (Å²) in [6.07, 6.45) is 6.98. The van der Waals surface area contributed by atoms with E-state index in [2.05, 4.69) is 10.3 Å². The van der Waals surface area contributed by atoms with Gasteiger partial charge < -0.3 is 15.0 Å². The molecule has 174 valence electrons. The second-order valence-corrected chi connectivity index (χ2v) is 9.14. The second kappa shape index (κ2) is 7.63. The first-order valence-electron chi connectivity index (χ1n) is 11.5. The molecule has 0 saturated carbocycles. The highest BCUT2D eigenvalue weighted by Gasteiger charge is 2.69. The molecule has 2 aromatic carbocycles. The van der Waals surface area contributed by atoms with Crippen LogP contribution in [0.4, 0.5) is 11.4 Å². The summed E-state index contributed by atoms with van der Waals surface area (Å²) in [6, 6.07) is 15.0. The number of ether oxygens (including phenoxy) is 1. The molecule has 3 aliphatic heterocycles. The summed E-state index contributed by atoms with van der Waals surface area (Å²) in [7, 11) is 1.60. The molecule has 4 unspecified atom stereocenters. The van der Waals surface area contributed by atoms with Crippen LogP contribution in [-0.4, -0.2) is 41.7 Å². The molecule has 7 nitrogen and oxygen atoms in total. The Morgan fingerprint density at radius 3 is 2.69 bits per heavy atom. The SMILES string of the molecule is COc1ccc2c(c1)C=CC1N2C(C(C)=O)C(C(=O)c2cccnc2)C12C(=O)Nc1ccccc12. The highest BCUT2D eigenvalue weighted by atomic mass is 16.5. The van der Waals surface area contributed by atoms with E-state index in [4.69, 9.17) is 4.74 Å². The normalized spacial score (nSPS) is 25.6. The van der Waals surface area contributed by atoms with Gasteiger partial charge in [0.05, 0.1) is 25.1 Å². The molecule has 6 rings (SSSR count). The maximum Gasteiger partial charge on any atom is 0.238 e. The number of nitrogens with zero attached hydrogens (tertiary/aromatic N) is 2. The standard InChI is InChI=1S/C28H23N3O4/c1-16(32)25-24(26(33)18-6-5-13-29-15-18)28(20-7-3-4-8-21(20)30-27(28)34)23-12-9-17-14-19(35-2)10-11-22(17)31(23)25/h3-15,23-25H,1-2H3,(H,30,34). The number of ketones is 2. The first-order valence-corrected chi connectivity index (χ1v) is 11.5. The first-order chi connectivity index (χ1) is 17.0. The van der Waals surface area contributed by atoms with Crippen molar-refractivity contribution in [3.63, 3.8) is 0 Å². The molecule has 7 heteroatoms. The van der Waals surface area contributed by atoms with E-state index in [1.807, 2.05) is 59.5 Å². The molecule has 4 atom stereocenters. The fourth-order valence-corrected chi connectivity index (χ4v) is 6.13. The number of Topliss-reactive ketones (excluding diaryl/α,β-unsaturated/α-hetero) is 2. The molecule has 1 fully saturated rings. The number of para-hydroxylation sites is 1. The van der Waals surface area contributed by atoms with Crippen molar-refractivity contribution in [2.75, 3.05) is 17.3 Å². The molecule has 1 aromatic heterocycles. The second-order valence-electron chi connectivity index (χ2n) is 9.14. The number of anilines is 2. The maximum absolute atomic E-state index is 14.2. The van der Waals surface area contributed by atoms with Crippen LogP contribution in [-0.2, 0) is 15.0 Å². The Hall–Kier alpha value is -4.26. The topological polar surface area (TPSA) is 88.6 Å². The van der Waals surface area contributed by atoms with Gasteiger partial charge in [-0.05, 0) is 48.9 Å². The minimum Gasteiger partial charge on any atom is -0.497 e. The third-order valence-electron chi connectivity index (χ3n) is 7.48. The van der Waals surface area contributed by atoms with Gasteiger partial charge in [0.25, 0.3) is 0 Å². The predicted octanol–water partition coefficient (Wildman–Crippen LogP) is 3.65. The Balaban J connectivity index is 1.65. The van der Waals surface area contributed by atoms with Gasteiger partial charge in [-0.25, -0.2) is 0 Å². The van der Waals surface area contributed by atoms with E-state index in [1.54, 1.807) is 25.4 Å². The Morgan fingerprint density at radius 2 is 1.94 bits per heavy atom. The van der Waals surface area contributed by atoms with Crippen LogP contribution in [0.3, 0.4) is 0 Å². The number of benzene rings is 2. The van der Waals surface area contributed by atoms with Gasteiger partial charge in [0, 0.05) is 34.9 Å². The van der Waals surface area contributed by atoms with Gasteiger partial charge in [-0.2, -0.15) is 0 Å². The molecule has 4 heterocycles. The van der Waals surface area contributed by atoms with E-state index in [0.29, 0.717) is 17.0 Å². The minimum atomic E-state index is -1.28. The van der Waals surface area contributed by atoms with Crippen LogP contribution in [0.15, 0.2) is 73.1 Å². The van der Waals surface area contributed by atoms with Gasteiger partial charge in [-0.3, -0.25) is 19.4 Å². The van der Waals surface area contributed by atoms with Crippen LogP contribution in [0, 0.1) is 5.92 Å². The smallest absolute Gasteiger partial charge is 0.238 e. The molecular formula is C28H23N3O4. The highest BCUT2D eigenvalue weighted by molar-refractivity contribution is 6.16. The lowest BCUT2D eigenvalue weighted by Gasteiger charge is -2.37. The lowest BCUT2D eigenvalue weighted by molar-refractivity contribution is -0.122. The zero-order valence-corrected chi connectivity index (χ0v) is 19.3. The summed E-state index contributed by atoms with van der Waals surface area (Å²) >= 11 is 0. The number of fused-ring (bicyclic) bond motifs is 6. The lowest BCUT2D eigenvalue weighted by Crippen LogP contribution is -2.51. The average Bonchev–Trinajstić information content (AvgIpc) is 3.36. The number of nitrogens with one attached hydrogen (secondary N) is 1. The molecule has 0 bridgehead atoms. The number of rotatable bonds is 4. The number of aromatic nitrogens is 1. The number of carbonyl (C=O) groups excluding carboxylic acids is 3. The van der Waals surface area contributed by atoms with Crippen molar-refractivity contribution in [1.82, 2.24) is 4.98 Å². The van der Waals surface area contributed by atoms with Crippen molar-refractivity contribution >= 4 is 34.9 Å². The third kappa shape index (κ3) is 2.78. The van der Waals surface area contributed by atoms with Crippen LogP contribution in [0.5, 0.6) is 5.75 Å². The maximum atomic E-state index is 14.2. The number of carbonyl (C=O) groups is 3. The molecule has 0 radical (unpaired) electrons. The summed E-state index contributed by atoms with van der Waals surface area (Å²) in [5.41, 5.74) is 2.14. The largest absolute Gasteiger partial charge is 0.497 e. The van der Waals surface area contributed by atoms with Gasteiger partial charge in [-0.15, -0.1) is 0 Å². The van der Waals surface area contributed by atoms with Crippen molar-refractivity contribution in [3.8, 4) is 5.75 Å². The van der Waals surface area contributed by atoms with Gasteiger partial charge in [-0.1, -0.05) is 30.4 Å². The Kier molecular flexibility index (Phi) is 4.64. The van der Waals surface area contributed by atoms with Crippen LogP contribution in [0.1, 0.15) is 28.4 Å². The average molecular weight is 466 g/mol. The summed E-state index contributed by atoms with van der Waals surface area (Å²) < 4.78 is 5.40. The minimum absolute atomic E-state index is 0.177. The van der Waals surface area contributed by atoms with Gasteiger partial charge in [0.15, 0.2) is 11.6 Å². The first kappa shape index (κ1) is 21.3. The van der Waals surface area contributed by atoms with Crippen molar-refractivity contribution < 1.29 is 19.1 Å². The van der Waals surface area contributed by atoms with Crippen LogP contribution in [0.2, 0.25) is 0 Å². The molecule has 1 spiro atoms. The van der Waals surface area contributed by atoms with E-state index in [-0.39, 0.29) is 17.5 Å². The number of pyridine rings is 1. The fourth-order valence-electron chi connectivity index (χ4n) is 6.13. The van der Waals surface area contributed by atoms with E-state index in [9.17, 15) is 14.4 Å². The number of hydrogen-bond donors (Lipinski definition) is 1. The fraction of sp³-hybridized carbons (Fsp3) is 0.214. The van der Waals surface area contributed by atoms with Crippen LogP contribution in [0.25, 0.3) is 6.08 Å². The van der Waals surface area contributed by atoms with Gasteiger partial charge in [0.1, 0.15) is 11.2 Å². The van der Waals surface area contributed by atoms with E-state index in [0.717, 1.165) is 16.8 Å². The molecule has 1 amide bonds. The van der Waals surface area contributed by atoms with Crippen molar-refractivity contribution in [1.29, 1.82) is 0 Å². The number of methoxy groups -OCH3 is 1. The zero-order valence-electron chi connectivity index (χ0n) is 19.3. The van der Waals surface area contributed by atoms with Gasteiger partial charge in [0.2, 0.25) is 5.91 Å². The van der Waals surface area contributed by atoms with Crippen LogP contribution >= 0.6 is 0 Å². The molecule has 1 N–H and O–H groups in total. The summed E-state index contributed by atoms with van der Waals surface area (Å²) in [5.74, 6) is -0.990. The molecule has 35 heavy (non-hydrogen) atoms.